The number of halogens is 1. The van der Waals surface area contributed by atoms with Crippen molar-refractivity contribution in [3.05, 3.63) is 34.9 Å². The minimum atomic E-state index is 0.641. The van der Waals surface area contributed by atoms with Crippen LogP contribution in [0.3, 0.4) is 0 Å². The number of likely N-dealkylation sites (tertiary alicyclic amines) is 1. The molecule has 1 fully saturated rings. The number of rotatable bonds is 4. The number of nitrogens with zero attached hydrogens (tertiary/aromatic N) is 1. The van der Waals surface area contributed by atoms with Gasteiger partial charge in [0.05, 0.1) is 0 Å². The lowest BCUT2D eigenvalue weighted by Crippen LogP contribution is -2.46. The summed E-state index contributed by atoms with van der Waals surface area (Å²) >= 11 is 6.03. The van der Waals surface area contributed by atoms with Gasteiger partial charge in [0.1, 0.15) is 0 Å². The Hall–Kier alpha value is -0.570. The van der Waals surface area contributed by atoms with E-state index in [1.54, 1.807) is 0 Å². The van der Waals surface area contributed by atoms with Gasteiger partial charge in [-0.2, -0.15) is 0 Å². The second kappa shape index (κ2) is 6.55. The van der Waals surface area contributed by atoms with Crippen molar-refractivity contribution in [1.29, 1.82) is 0 Å². The summed E-state index contributed by atoms with van der Waals surface area (Å²) < 4.78 is 0. The molecule has 1 aliphatic rings. The SMILES string of the molecule is CCNC1CCN(Cc2cccc(Cl)c2)C(C)C1. The minimum Gasteiger partial charge on any atom is -0.314 e. The van der Waals surface area contributed by atoms with Crippen LogP contribution in [-0.4, -0.2) is 30.1 Å². The molecular weight excluding hydrogens is 244 g/mol. The third-order valence-electron chi connectivity index (χ3n) is 3.78. The highest BCUT2D eigenvalue weighted by atomic mass is 35.5. The Bertz CT molecular complexity index is 381. The topological polar surface area (TPSA) is 15.3 Å². The summed E-state index contributed by atoms with van der Waals surface area (Å²) in [4.78, 5) is 2.56. The zero-order valence-corrected chi connectivity index (χ0v) is 12.1. The van der Waals surface area contributed by atoms with Gasteiger partial charge in [0.15, 0.2) is 0 Å². The first kappa shape index (κ1) is 13.9. The van der Waals surface area contributed by atoms with E-state index in [-0.39, 0.29) is 0 Å². The zero-order chi connectivity index (χ0) is 13.0. The van der Waals surface area contributed by atoms with Crippen LogP contribution >= 0.6 is 11.6 Å². The smallest absolute Gasteiger partial charge is 0.0409 e. The maximum absolute atomic E-state index is 6.03. The average Bonchev–Trinajstić information content (AvgIpc) is 2.33. The second-order valence-electron chi connectivity index (χ2n) is 5.23. The molecule has 0 aromatic heterocycles. The number of nitrogens with one attached hydrogen (secondary N) is 1. The van der Waals surface area contributed by atoms with Crippen molar-refractivity contribution in [1.82, 2.24) is 10.2 Å². The Morgan fingerprint density at radius 3 is 2.94 bits per heavy atom. The van der Waals surface area contributed by atoms with Crippen molar-refractivity contribution in [3.8, 4) is 0 Å². The highest BCUT2D eigenvalue weighted by molar-refractivity contribution is 6.30. The molecular formula is C15H23ClN2. The van der Waals surface area contributed by atoms with Gasteiger partial charge in [0, 0.05) is 30.2 Å². The highest BCUT2D eigenvalue weighted by Crippen LogP contribution is 2.21. The van der Waals surface area contributed by atoms with Gasteiger partial charge in [0.2, 0.25) is 0 Å². The van der Waals surface area contributed by atoms with E-state index in [9.17, 15) is 0 Å². The average molecular weight is 267 g/mol. The number of hydrogen-bond donors (Lipinski definition) is 1. The summed E-state index contributed by atoms with van der Waals surface area (Å²) in [5, 5.41) is 4.40. The lowest BCUT2D eigenvalue weighted by Gasteiger charge is -2.38. The molecule has 2 nitrogen and oxygen atoms in total. The predicted molar refractivity (Wildman–Crippen MR) is 78.0 cm³/mol. The Morgan fingerprint density at radius 1 is 1.44 bits per heavy atom. The summed E-state index contributed by atoms with van der Waals surface area (Å²) in [6.07, 6.45) is 2.49. The fourth-order valence-electron chi connectivity index (χ4n) is 2.80. The summed E-state index contributed by atoms with van der Waals surface area (Å²) in [6.45, 7) is 7.77. The second-order valence-corrected chi connectivity index (χ2v) is 5.66. The number of piperidine rings is 1. The van der Waals surface area contributed by atoms with E-state index in [2.05, 4.69) is 36.2 Å². The molecule has 1 aliphatic heterocycles. The number of hydrogen-bond acceptors (Lipinski definition) is 2. The molecule has 1 aromatic carbocycles. The maximum Gasteiger partial charge on any atom is 0.0409 e. The standard InChI is InChI=1S/C15H23ClN2/c1-3-17-15-7-8-18(12(2)9-15)11-13-5-4-6-14(16)10-13/h4-6,10,12,15,17H,3,7-9,11H2,1-2H3. The minimum absolute atomic E-state index is 0.641. The predicted octanol–water partition coefficient (Wildman–Crippen LogP) is 3.30. The molecule has 0 spiro atoms. The summed E-state index contributed by atoms with van der Waals surface area (Å²) in [7, 11) is 0. The number of benzene rings is 1. The van der Waals surface area contributed by atoms with Crippen molar-refractivity contribution >= 4 is 11.6 Å². The largest absolute Gasteiger partial charge is 0.314 e. The first-order chi connectivity index (χ1) is 8.69. The molecule has 1 N–H and O–H groups in total. The van der Waals surface area contributed by atoms with Crippen LogP contribution in [0.5, 0.6) is 0 Å². The third kappa shape index (κ3) is 3.71. The molecule has 100 valence electrons. The van der Waals surface area contributed by atoms with Gasteiger partial charge in [-0.05, 0) is 44.0 Å². The van der Waals surface area contributed by atoms with Crippen molar-refractivity contribution in [2.24, 2.45) is 0 Å². The summed E-state index contributed by atoms with van der Waals surface area (Å²) in [5.41, 5.74) is 1.32. The van der Waals surface area contributed by atoms with Gasteiger partial charge in [-0.15, -0.1) is 0 Å². The van der Waals surface area contributed by atoms with E-state index in [0.717, 1.165) is 18.1 Å². The van der Waals surface area contributed by atoms with Crippen LogP contribution in [0.25, 0.3) is 0 Å². The first-order valence-corrected chi connectivity index (χ1v) is 7.28. The lowest BCUT2D eigenvalue weighted by atomic mass is 9.97. The molecule has 0 aliphatic carbocycles. The molecule has 1 heterocycles. The van der Waals surface area contributed by atoms with Crippen molar-refractivity contribution in [2.45, 2.75) is 45.3 Å². The van der Waals surface area contributed by atoms with Crippen molar-refractivity contribution < 1.29 is 0 Å². The van der Waals surface area contributed by atoms with Gasteiger partial charge in [-0.1, -0.05) is 30.7 Å². The molecule has 18 heavy (non-hydrogen) atoms. The molecule has 0 amide bonds. The van der Waals surface area contributed by atoms with Crippen LogP contribution in [0.2, 0.25) is 5.02 Å². The first-order valence-electron chi connectivity index (χ1n) is 6.91. The fourth-order valence-corrected chi connectivity index (χ4v) is 3.01. The Balaban J connectivity index is 1.91. The Morgan fingerprint density at radius 2 is 2.28 bits per heavy atom. The third-order valence-corrected chi connectivity index (χ3v) is 4.02. The van der Waals surface area contributed by atoms with Crippen LogP contribution in [-0.2, 0) is 6.54 Å². The zero-order valence-electron chi connectivity index (χ0n) is 11.3. The van der Waals surface area contributed by atoms with Crippen LogP contribution in [0.4, 0.5) is 0 Å². The summed E-state index contributed by atoms with van der Waals surface area (Å²) in [5.74, 6) is 0. The van der Waals surface area contributed by atoms with Gasteiger partial charge in [-0.25, -0.2) is 0 Å². The lowest BCUT2D eigenvalue weighted by molar-refractivity contribution is 0.129. The molecule has 2 rings (SSSR count). The molecule has 0 radical (unpaired) electrons. The van der Waals surface area contributed by atoms with E-state index in [0.29, 0.717) is 12.1 Å². The highest BCUT2D eigenvalue weighted by Gasteiger charge is 2.24. The molecule has 1 saturated heterocycles. The quantitative estimate of drug-likeness (QED) is 0.900. The monoisotopic (exact) mass is 266 g/mol. The molecule has 1 aromatic rings. The van der Waals surface area contributed by atoms with Gasteiger partial charge in [-0.3, -0.25) is 4.90 Å². The molecule has 3 heteroatoms. The Labute approximate surface area is 115 Å². The van der Waals surface area contributed by atoms with Crippen LogP contribution < -0.4 is 5.32 Å². The van der Waals surface area contributed by atoms with Crippen molar-refractivity contribution in [3.63, 3.8) is 0 Å². The molecule has 0 saturated carbocycles. The van der Waals surface area contributed by atoms with Crippen LogP contribution in [0.15, 0.2) is 24.3 Å². The normalized spacial score (nSPS) is 25.3. The molecule has 0 bridgehead atoms. The van der Waals surface area contributed by atoms with Crippen LogP contribution in [0, 0.1) is 0 Å². The van der Waals surface area contributed by atoms with Crippen molar-refractivity contribution in [2.75, 3.05) is 13.1 Å². The van der Waals surface area contributed by atoms with Gasteiger partial charge < -0.3 is 5.32 Å². The van der Waals surface area contributed by atoms with Crippen LogP contribution in [0.1, 0.15) is 32.3 Å². The van der Waals surface area contributed by atoms with Gasteiger partial charge >= 0.3 is 0 Å². The van der Waals surface area contributed by atoms with Gasteiger partial charge in [0.25, 0.3) is 0 Å². The maximum atomic E-state index is 6.03. The fraction of sp³-hybridized carbons (Fsp3) is 0.600. The summed E-state index contributed by atoms with van der Waals surface area (Å²) in [6, 6.07) is 9.54. The van der Waals surface area contributed by atoms with E-state index in [4.69, 9.17) is 11.6 Å². The van der Waals surface area contributed by atoms with E-state index in [1.807, 2.05) is 12.1 Å². The molecule has 2 unspecified atom stereocenters. The van der Waals surface area contributed by atoms with E-state index in [1.165, 1.54) is 24.9 Å². The van der Waals surface area contributed by atoms with E-state index < -0.39 is 0 Å². The Kier molecular flexibility index (Phi) is 5.04. The molecule has 2 atom stereocenters. The van der Waals surface area contributed by atoms with E-state index >= 15 is 0 Å².